The maximum absolute atomic E-state index is 10.9. The highest BCUT2D eigenvalue weighted by atomic mass is 16.4. The normalized spacial score (nSPS) is 18.0. The summed E-state index contributed by atoms with van der Waals surface area (Å²) in [6.45, 7) is 6.50. The van der Waals surface area contributed by atoms with Crippen LogP contribution in [0.3, 0.4) is 0 Å². The number of carboxylic acid groups (broad SMARTS) is 1. The molecular weight excluding hydrogens is 228 g/mol. The first-order valence-electron chi connectivity index (χ1n) is 6.54. The summed E-state index contributed by atoms with van der Waals surface area (Å²) in [5, 5.41) is 8.97. The molecule has 0 spiro atoms. The number of hydrogen-bond acceptors (Lipinski definition) is 3. The molecule has 1 aromatic heterocycles. The Kier molecular flexibility index (Phi) is 3.55. The van der Waals surface area contributed by atoms with E-state index in [0.29, 0.717) is 5.41 Å². The van der Waals surface area contributed by atoms with E-state index in [2.05, 4.69) is 23.7 Å². The summed E-state index contributed by atoms with van der Waals surface area (Å²) in [7, 11) is 0. The van der Waals surface area contributed by atoms with Gasteiger partial charge in [0, 0.05) is 25.0 Å². The summed E-state index contributed by atoms with van der Waals surface area (Å²) in [5.41, 5.74) is 1.50. The Balaban J connectivity index is 2.19. The van der Waals surface area contributed by atoms with Gasteiger partial charge < -0.3 is 10.0 Å². The van der Waals surface area contributed by atoms with Gasteiger partial charge in [-0.3, -0.25) is 0 Å². The third kappa shape index (κ3) is 2.33. The standard InChI is InChI=1S/C14H20N2O2/c1-3-14(4-2)6-8-16(10-14)11-5-7-15-12(9-11)13(17)18/h5,7,9H,3-4,6,8,10H2,1-2H3,(H,17,18). The van der Waals surface area contributed by atoms with E-state index in [4.69, 9.17) is 5.11 Å². The fourth-order valence-corrected chi connectivity index (χ4v) is 2.72. The second kappa shape index (κ2) is 4.96. The topological polar surface area (TPSA) is 53.4 Å². The minimum Gasteiger partial charge on any atom is -0.477 e. The SMILES string of the molecule is CCC1(CC)CCN(c2ccnc(C(=O)O)c2)C1. The van der Waals surface area contributed by atoms with E-state index in [1.165, 1.54) is 19.3 Å². The van der Waals surface area contributed by atoms with Gasteiger partial charge in [0.05, 0.1) is 0 Å². The van der Waals surface area contributed by atoms with Crippen LogP contribution in [0.25, 0.3) is 0 Å². The minimum absolute atomic E-state index is 0.123. The van der Waals surface area contributed by atoms with E-state index < -0.39 is 5.97 Å². The van der Waals surface area contributed by atoms with Gasteiger partial charge in [0.2, 0.25) is 0 Å². The predicted octanol–water partition coefficient (Wildman–Crippen LogP) is 2.80. The Morgan fingerprint density at radius 3 is 2.78 bits per heavy atom. The average molecular weight is 248 g/mol. The van der Waals surface area contributed by atoms with Gasteiger partial charge in [-0.1, -0.05) is 13.8 Å². The third-order valence-corrected chi connectivity index (χ3v) is 4.27. The van der Waals surface area contributed by atoms with Crippen LogP contribution < -0.4 is 4.90 Å². The van der Waals surface area contributed by atoms with Crippen LogP contribution >= 0.6 is 0 Å². The van der Waals surface area contributed by atoms with Gasteiger partial charge in [0.1, 0.15) is 5.69 Å². The van der Waals surface area contributed by atoms with Crippen molar-refractivity contribution in [1.82, 2.24) is 4.98 Å². The van der Waals surface area contributed by atoms with Crippen molar-refractivity contribution >= 4 is 11.7 Å². The molecule has 1 aliphatic rings. The summed E-state index contributed by atoms with van der Waals surface area (Å²) in [6.07, 6.45) is 5.12. The molecule has 0 radical (unpaired) electrons. The van der Waals surface area contributed by atoms with E-state index in [1.807, 2.05) is 6.07 Å². The second-order valence-corrected chi connectivity index (χ2v) is 5.08. The van der Waals surface area contributed by atoms with Crippen molar-refractivity contribution in [3.8, 4) is 0 Å². The molecule has 1 aromatic rings. The summed E-state index contributed by atoms with van der Waals surface area (Å²) >= 11 is 0. The van der Waals surface area contributed by atoms with Crippen molar-refractivity contribution in [2.24, 2.45) is 5.41 Å². The van der Waals surface area contributed by atoms with Crippen LogP contribution in [-0.2, 0) is 0 Å². The largest absolute Gasteiger partial charge is 0.477 e. The molecule has 1 aliphatic heterocycles. The maximum Gasteiger partial charge on any atom is 0.354 e. The molecule has 0 aliphatic carbocycles. The highest BCUT2D eigenvalue weighted by molar-refractivity contribution is 5.86. The molecule has 0 bridgehead atoms. The molecule has 4 heteroatoms. The van der Waals surface area contributed by atoms with Gasteiger partial charge in [-0.15, -0.1) is 0 Å². The molecule has 0 amide bonds. The lowest BCUT2D eigenvalue weighted by Gasteiger charge is -2.27. The van der Waals surface area contributed by atoms with Crippen molar-refractivity contribution in [2.75, 3.05) is 18.0 Å². The maximum atomic E-state index is 10.9. The predicted molar refractivity (Wildman–Crippen MR) is 71.0 cm³/mol. The number of pyridine rings is 1. The summed E-state index contributed by atoms with van der Waals surface area (Å²) in [6, 6.07) is 3.57. The van der Waals surface area contributed by atoms with Crippen molar-refractivity contribution in [1.29, 1.82) is 0 Å². The van der Waals surface area contributed by atoms with Gasteiger partial charge in [0.25, 0.3) is 0 Å². The molecule has 1 saturated heterocycles. The van der Waals surface area contributed by atoms with Crippen molar-refractivity contribution in [3.63, 3.8) is 0 Å². The van der Waals surface area contributed by atoms with Gasteiger partial charge >= 0.3 is 5.97 Å². The molecule has 2 rings (SSSR count). The van der Waals surface area contributed by atoms with Crippen LogP contribution in [-0.4, -0.2) is 29.1 Å². The van der Waals surface area contributed by atoms with E-state index >= 15 is 0 Å². The first-order chi connectivity index (χ1) is 8.60. The third-order valence-electron chi connectivity index (χ3n) is 4.27. The summed E-state index contributed by atoms with van der Waals surface area (Å²) in [5.74, 6) is -0.965. The summed E-state index contributed by atoms with van der Waals surface area (Å²) in [4.78, 5) is 17.1. The smallest absolute Gasteiger partial charge is 0.354 e. The van der Waals surface area contributed by atoms with Crippen molar-refractivity contribution in [3.05, 3.63) is 24.0 Å². The van der Waals surface area contributed by atoms with Crippen LogP contribution in [0.5, 0.6) is 0 Å². The zero-order valence-corrected chi connectivity index (χ0v) is 11.0. The molecule has 1 fully saturated rings. The van der Waals surface area contributed by atoms with Gasteiger partial charge in [-0.25, -0.2) is 9.78 Å². The minimum atomic E-state index is -0.965. The van der Waals surface area contributed by atoms with Crippen LogP contribution in [0.1, 0.15) is 43.6 Å². The molecule has 98 valence electrons. The summed E-state index contributed by atoms with van der Waals surface area (Å²) < 4.78 is 0. The fourth-order valence-electron chi connectivity index (χ4n) is 2.72. The molecule has 1 N–H and O–H groups in total. The molecule has 0 aromatic carbocycles. The zero-order chi connectivity index (χ0) is 13.2. The van der Waals surface area contributed by atoms with Gasteiger partial charge in [0.15, 0.2) is 0 Å². The second-order valence-electron chi connectivity index (χ2n) is 5.08. The van der Waals surface area contributed by atoms with Crippen LogP contribution in [0.2, 0.25) is 0 Å². The van der Waals surface area contributed by atoms with Crippen LogP contribution in [0, 0.1) is 5.41 Å². The lowest BCUT2D eigenvalue weighted by Crippen LogP contribution is -2.26. The number of aromatic nitrogens is 1. The van der Waals surface area contributed by atoms with Gasteiger partial charge in [-0.05, 0) is 36.8 Å². The highest BCUT2D eigenvalue weighted by Crippen LogP contribution is 2.38. The fraction of sp³-hybridized carbons (Fsp3) is 0.571. The number of carboxylic acids is 1. The van der Waals surface area contributed by atoms with Crippen LogP contribution in [0.15, 0.2) is 18.3 Å². The first kappa shape index (κ1) is 12.9. The Hall–Kier alpha value is -1.58. The Labute approximate surface area is 108 Å². The molecule has 0 unspecified atom stereocenters. The number of nitrogens with zero attached hydrogens (tertiary/aromatic N) is 2. The first-order valence-corrected chi connectivity index (χ1v) is 6.54. The molecule has 4 nitrogen and oxygen atoms in total. The molecular formula is C14H20N2O2. The Morgan fingerprint density at radius 2 is 2.22 bits per heavy atom. The average Bonchev–Trinajstić information content (AvgIpc) is 2.84. The number of rotatable bonds is 4. The Bertz CT molecular complexity index is 441. The monoisotopic (exact) mass is 248 g/mol. The quantitative estimate of drug-likeness (QED) is 0.890. The highest BCUT2D eigenvalue weighted by Gasteiger charge is 2.35. The molecule has 0 atom stereocenters. The lowest BCUT2D eigenvalue weighted by molar-refractivity contribution is 0.0690. The van der Waals surface area contributed by atoms with E-state index in [0.717, 1.165) is 18.8 Å². The zero-order valence-electron chi connectivity index (χ0n) is 11.0. The lowest BCUT2D eigenvalue weighted by atomic mass is 9.82. The number of hydrogen-bond donors (Lipinski definition) is 1. The van der Waals surface area contributed by atoms with Crippen molar-refractivity contribution < 1.29 is 9.90 Å². The number of anilines is 1. The Morgan fingerprint density at radius 1 is 1.50 bits per heavy atom. The molecule has 18 heavy (non-hydrogen) atoms. The number of carbonyl (C=O) groups is 1. The molecule has 0 saturated carbocycles. The van der Waals surface area contributed by atoms with E-state index in [9.17, 15) is 4.79 Å². The molecule has 2 heterocycles. The van der Waals surface area contributed by atoms with Crippen molar-refractivity contribution in [2.45, 2.75) is 33.1 Å². The number of aromatic carboxylic acids is 1. The van der Waals surface area contributed by atoms with Gasteiger partial charge in [-0.2, -0.15) is 0 Å². The van der Waals surface area contributed by atoms with Crippen LogP contribution in [0.4, 0.5) is 5.69 Å². The van der Waals surface area contributed by atoms with E-state index in [1.54, 1.807) is 12.3 Å². The van der Waals surface area contributed by atoms with E-state index in [-0.39, 0.29) is 5.69 Å².